The van der Waals surface area contributed by atoms with Crippen LogP contribution in [0.2, 0.25) is 0 Å². The lowest BCUT2D eigenvalue weighted by atomic mass is 10.2. The molecule has 1 aliphatic heterocycles. The van der Waals surface area contributed by atoms with E-state index in [1.807, 2.05) is 12.1 Å². The number of aromatic nitrogens is 3. The molecule has 0 atom stereocenters. The second kappa shape index (κ2) is 9.21. The zero-order valence-corrected chi connectivity index (χ0v) is 17.0. The number of hydrogen-bond donors (Lipinski definition) is 0. The van der Waals surface area contributed by atoms with Crippen LogP contribution in [0.15, 0.2) is 61.3 Å². The molecule has 9 nitrogen and oxygen atoms in total. The van der Waals surface area contributed by atoms with Gasteiger partial charge in [-0.2, -0.15) is 0 Å². The SMILES string of the molecule is CN1CCN(C(=O)c2cncnc2)CCOc2ccccc2Oc2ncccc2C1=O. The van der Waals surface area contributed by atoms with Gasteiger partial charge in [0.05, 0.1) is 12.1 Å². The summed E-state index contributed by atoms with van der Waals surface area (Å²) >= 11 is 0. The summed E-state index contributed by atoms with van der Waals surface area (Å²) in [7, 11) is 1.68. The maximum Gasteiger partial charge on any atom is 0.259 e. The zero-order valence-electron chi connectivity index (χ0n) is 17.0. The summed E-state index contributed by atoms with van der Waals surface area (Å²) < 4.78 is 11.8. The molecule has 0 spiro atoms. The number of amides is 2. The van der Waals surface area contributed by atoms with Crippen molar-refractivity contribution in [3.63, 3.8) is 0 Å². The summed E-state index contributed by atoms with van der Waals surface area (Å²) in [6.45, 7) is 1.19. The Balaban J connectivity index is 1.66. The molecule has 0 aliphatic carbocycles. The van der Waals surface area contributed by atoms with Gasteiger partial charge in [0.1, 0.15) is 18.5 Å². The molecule has 9 heteroatoms. The van der Waals surface area contributed by atoms with Crippen molar-refractivity contribution in [2.24, 2.45) is 0 Å². The summed E-state index contributed by atoms with van der Waals surface area (Å²) in [6.07, 6.45) is 5.87. The summed E-state index contributed by atoms with van der Waals surface area (Å²) in [5.41, 5.74) is 0.701. The predicted octanol–water partition coefficient (Wildman–Crippen LogP) is 2.27. The maximum absolute atomic E-state index is 13.0. The number of likely N-dealkylation sites (N-methyl/N-ethyl adjacent to an activating group) is 1. The van der Waals surface area contributed by atoms with E-state index in [0.717, 1.165) is 0 Å². The number of fused-ring (bicyclic) bond motifs is 2. The molecular formula is C22H21N5O4. The third-order valence-electron chi connectivity index (χ3n) is 4.82. The topological polar surface area (TPSA) is 97.8 Å². The van der Waals surface area contributed by atoms with E-state index in [0.29, 0.717) is 42.3 Å². The molecule has 31 heavy (non-hydrogen) atoms. The number of rotatable bonds is 1. The van der Waals surface area contributed by atoms with Gasteiger partial charge in [0.25, 0.3) is 11.8 Å². The third kappa shape index (κ3) is 4.61. The molecule has 158 valence electrons. The third-order valence-corrected chi connectivity index (χ3v) is 4.82. The minimum absolute atomic E-state index is 0.198. The van der Waals surface area contributed by atoms with Crippen LogP contribution in [0.3, 0.4) is 0 Å². The Morgan fingerprint density at radius 3 is 2.58 bits per heavy atom. The van der Waals surface area contributed by atoms with Gasteiger partial charge in [-0.25, -0.2) is 15.0 Å². The molecule has 4 rings (SSSR count). The molecule has 0 radical (unpaired) electrons. The van der Waals surface area contributed by atoms with Crippen LogP contribution < -0.4 is 9.47 Å². The van der Waals surface area contributed by atoms with E-state index in [1.165, 1.54) is 23.6 Å². The van der Waals surface area contributed by atoms with Crippen molar-refractivity contribution in [1.82, 2.24) is 24.8 Å². The first-order valence-corrected chi connectivity index (χ1v) is 9.78. The van der Waals surface area contributed by atoms with Crippen molar-refractivity contribution in [3.05, 3.63) is 72.4 Å². The first kappa shape index (κ1) is 20.3. The van der Waals surface area contributed by atoms with Gasteiger partial charge in [0.2, 0.25) is 5.88 Å². The maximum atomic E-state index is 13.0. The molecule has 1 aromatic carbocycles. The van der Waals surface area contributed by atoms with Gasteiger partial charge in [-0.15, -0.1) is 0 Å². The van der Waals surface area contributed by atoms with Crippen molar-refractivity contribution < 1.29 is 19.1 Å². The molecule has 3 heterocycles. The molecule has 0 bridgehead atoms. The van der Waals surface area contributed by atoms with Gasteiger partial charge in [0, 0.05) is 38.7 Å². The predicted molar refractivity (Wildman–Crippen MR) is 111 cm³/mol. The number of benzene rings is 1. The van der Waals surface area contributed by atoms with E-state index in [1.54, 1.807) is 42.4 Å². The van der Waals surface area contributed by atoms with Crippen molar-refractivity contribution >= 4 is 11.8 Å². The second-order valence-electron chi connectivity index (χ2n) is 6.90. The molecule has 0 saturated carbocycles. The minimum Gasteiger partial charge on any atom is -0.488 e. The number of para-hydroxylation sites is 2. The van der Waals surface area contributed by atoms with Crippen LogP contribution in [0.1, 0.15) is 20.7 Å². The number of nitrogens with zero attached hydrogens (tertiary/aromatic N) is 5. The Kier molecular flexibility index (Phi) is 6.02. The zero-order chi connectivity index (χ0) is 21.6. The molecule has 0 N–H and O–H groups in total. The fourth-order valence-corrected chi connectivity index (χ4v) is 3.14. The number of carbonyl (C=O) groups excluding carboxylic acids is 2. The molecular weight excluding hydrogens is 398 g/mol. The first-order valence-electron chi connectivity index (χ1n) is 9.78. The van der Waals surface area contributed by atoms with E-state index in [-0.39, 0.29) is 24.3 Å². The van der Waals surface area contributed by atoms with E-state index in [4.69, 9.17) is 9.47 Å². The highest BCUT2D eigenvalue weighted by atomic mass is 16.5. The summed E-state index contributed by atoms with van der Waals surface area (Å²) in [4.78, 5) is 41.2. The Hall–Kier alpha value is -4.01. The largest absolute Gasteiger partial charge is 0.488 e. The highest BCUT2D eigenvalue weighted by Crippen LogP contribution is 2.32. The monoisotopic (exact) mass is 419 g/mol. The van der Waals surface area contributed by atoms with Gasteiger partial charge in [0.15, 0.2) is 11.5 Å². The van der Waals surface area contributed by atoms with Gasteiger partial charge in [-0.1, -0.05) is 12.1 Å². The normalized spacial score (nSPS) is 14.7. The second-order valence-corrected chi connectivity index (χ2v) is 6.90. The first-order chi connectivity index (χ1) is 15.1. The summed E-state index contributed by atoms with van der Waals surface area (Å²) in [5, 5.41) is 0. The smallest absolute Gasteiger partial charge is 0.259 e. The van der Waals surface area contributed by atoms with Crippen molar-refractivity contribution in [1.29, 1.82) is 0 Å². The van der Waals surface area contributed by atoms with Crippen LogP contribution in [0.4, 0.5) is 0 Å². The van der Waals surface area contributed by atoms with Crippen molar-refractivity contribution in [2.75, 3.05) is 33.3 Å². The van der Waals surface area contributed by atoms with Crippen LogP contribution in [0.25, 0.3) is 0 Å². The van der Waals surface area contributed by atoms with Gasteiger partial charge in [-0.05, 0) is 24.3 Å². The Labute approximate surface area is 179 Å². The van der Waals surface area contributed by atoms with Crippen molar-refractivity contribution in [2.45, 2.75) is 0 Å². The number of pyridine rings is 1. The summed E-state index contributed by atoms with van der Waals surface area (Å²) in [6, 6.07) is 10.5. The quantitative estimate of drug-likeness (QED) is 0.597. The van der Waals surface area contributed by atoms with Gasteiger partial charge >= 0.3 is 0 Å². The van der Waals surface area contributed by atoms with Crippen LogP contribution in [-0.2, 0) is 0 Å². The average molecular weight is 419 g/mol. The average Bonchev–Trinajstić information content (AvgIpc) is 2.82. The van der Waals surface area contributed by atoms with E-state index >= 15 is 0 Å². The molecule has 2 amide bonds. The van der Waals surface area contributed by atoms with Crippen molar-refractivity contribution in [3.8, 4) is 17.4 Å². The minimum atomic E-state index is -0.254. The molecule has 2 aromatic heterocycles. The van der Waals surface area contributed by atoms with Crippen LogP contribution >= 0.6 is 0 Å². The Bertz CT molecular complexity index is 1080. The molecule has 0 fully saturated rings. The van der Waals surface area contributed by atoms with E-state index in [2.05, 4.69) is 15.0 Å². The number of carbonyl (C=O) groups is 2. The fraction of sp³-hybridized carbons (Fsp3) is 0.227. The number of hydrogen-bond acceptors (Lipinski definition) is 7. The van der Waals surface area contributed by atoms with Gasteiger partial charge < -0.3 is 19.3 Å². The molecule has 3 aromatic rings. The lowest BCUT2D eigenvalue weighted by molar-refractivity contribution is 0.0668. The van der Waals surface area contributed by atoms with E-state index < -0.39 is 0 Å². The number of ether oxygens (including phenoxy) is 2. The molecule has 0 saturated heterocycles. The van der Waals surface area contributed by atoms with Crippen LogP contribution in [0.5, 0.6) is 17.4 Å². The lowest BCUT2D eigenvalue weighted by Crippen LogP contribution is -2.41. The van der Waals surface area contributed by atoms with Gasteiger partial charge in [-0.3, -0.25) is 9.59 Å². The molecule has 0 unspecified atom stereocenters. The van der Waals surface area contributed by atoms with Crippen LogP contribution in [-0.4, -0.2) is 69.9 Å². The van der Waals surface area contributed by atoms with E-state index in [9.17, 15) is 9.59 Å². The Morgan fingerprint density at radius 1 is 1.00 bits per heavy atom. The standard InChI is InChI=1S/C22H21N5O4/c1-26-9-10-27(21(28)16-13-23-15-24-14-16)11-12-30-18-6-2-3-7-19(18)31-20-17(22(26)29)5-4-8-25-20/h2-8,13-15H,9-12H2,1H3. The summed E-state index contributed by atoms with van der Waals surface area (Å²) in [5.74, 6) is 0.646. The highest BCUT2D eigenvalue weighted by molar-refractivity contribution is 5.96. The highest BCUT2D eigenvalue weighted by Gasteiger charge is 2.23. The lowest BCUT2D eigenvalue weighted by Gasteiger charge is -2.25. The van der Waals surface area contributed by atoms with Crippen LogP contribution in [0, 0.1) is 0 Å². The fourth-order valence-electron chi connectivity index (χ4n) is 3.14. The Morgan fingerprint density at radius 2 is 1.77 bits per heavy atom. The molecule has 1 aliphatic rings.